The molecule has 0 aliphatic carbocycles. The fourth-order valence-corrected chi connectivity index (χ4v) is 5.52. The third-order valence-corrected chi connectivity index (χ3v) is 7.68. The molecule has 2 aromatic rings. The van der Waals surface area contributed by atoms with E-state index in [1.807, 2.05) is 6.92 Å². The molecule has 3 rings (SSSR count). The molecular formula is C18H19FN2O2S3. The number of carbonyl (C=O) groups is 1. The van der Waals surface area contributed by atoms with E-state index in [0.717, 1.165) is 11.3 Å². The highest BCUT2D eigenvalue weighted by atomic mass is 32.2. The summed E-state index contributed by atoms with van der Waals surface area (Å²) in [6.45, 7) is 1.87. The fraction of sp³-hybridized carbons (Fsp3) is 0.333. The maximum Gasteiger partial charge on any atom is 0.177 e. The van der Waals surface area contributed by atoms with E-state index < -0.39 is 16.3 Å². The summed E-state index contributed by atoms with van der Waals surface area (Å²) in [5.74, 6) is 0.365. The van der Waals surface area contributed by atoms with E-state index in [1.54, 1.807) is 30.5 Å². The number of hydrogen-bond donors (Lipinski definition) is 1. The van der Waals surface area contributed by atoms with Gasteiger partial charge in [-0.2, -0.15) is 0 Å². The number of carbonyl (C=O) groups excluding carboxylic acids is 1. The Morgan fingerprint density at radius 3 is 2.81 bits per heavy atom. The van der Waals surface area contributed by atoms with E-state index in [-0.39, 0.29) is 18.0 Å². The lowest BCUT2D eigenvalue weighted by molar-refractivity contribution is 0.0996. The van der Waals surface area contributed by atoms with E-state index in [9.17, 15) is 13.4 Å². The molecule has 0 amide bonds. The quantitative estimate of drug-likeness (QED) is 0.763. The molecule has 0 saturated heterocycles. The summed E-state index contributed by atoms with van der Waals surface area (Å²) >= 11 is 2.70. The molecule has 26 heavy (non-hydrogen) atoms. The highest BCUT2D eigenvalue weighted by Crippen LogP contribution is 2.37. The van der Waals surface area contributed by atoms with Crippen LogP contribution >= 0.6 is 23.1 Å². The van der Waals surface area contributed by atoms with Crippen molar-refractivity contribution in [1.29, 1.82) is 0 Å². The number of ketones is 1. The smallest absolute Gasteiger partial charge is 0.177 e. The number of Topliss-reactive ketones (excluding diaryl/α,β-unsaturated/α-hetero) is 1. The molecule has 4 nitrogen and oxygen atoms in total. The Hall–Kier alpha value is -1.51. The van der Waals surface area contributed by atoms with Crippen molar-refractivity contribution in [1.82, 2.24) is 0 Å². The summed E-state index contributed by atoms with van der Waals surface area (Å²) in [4.78, 5) is 17.5. The average molecular weight is 411 g/mol. The Labute approximate surface area is 162 Å². The maximum absolute atomic E-state index is 14.4. The largest absolute Gasteiger partial charge is 0.379 e. The number of aliphatic imine (C=N–C) groups is 1. The van der Waals surface area contributed by atoms with E-state index in [4.69, 9.17) is 5.73 Å². The lowest BCUT2D eigenvalue weighted by Crippen LogP contribution is -2.29. The van der Waals surface area contributed by atoms with Crippen LogP contribution in [0.5, 0.6) is 0 Å². The second-order valence-electron chi connectivity index (χ2n) is 6.31. The number of thiophene rings is 1. The highest BCUT2D eigenvalue weighted by molar-refractivity contribution is 8.13. The normalized spacial score (nSPS) is 21.3. The minimum atomic E-state index is -1.10. The van der Waals surface area contributed by atoms with Crippen LogP contribution in [-0.2, 0) is 22.8 Å². The minimum absolute atomic E-state index is 0.0726. The van der Waals surface area contributed by atoms with Crippen LogP contribution in [0.1, 0.15) is 34.1 Å². The average Bonchev–Trinajstić information content (AvgIpc) is 3.07. The van der Waals surface area contributed by atoms with Crippen molar-refractivity contribution in [2.45, 2.75) is 29.5 Å². The van der Waals surface area contributed by atoms with E-state index >= 15 is 0 Å². The van der Waals surface area contributed by atoms with Gasteiger partial charge >= 0.3 is 0 Å². The Kier molecular flexibility index (Phi) is 5.64. The van der Waals surface area contributed by atoms with Crippen LogP contribution in [0, 0.1) is 5.82 Å². The van der Waals surface area contributed by atoms with Gasteiger partial charge in [-0.3, -0.25) is 14.0 Å². The van der Waals surface area contributed by atoms with Crippen LogP contribution in [0.3, 0.4) is 0 Å². The molecule has 0 spiro atoms. The number of benzene rings is 1. The molecule has 138 valence electrons. The lowest BCUT2D eigenvalue weighted by Gasteiger charge is -2.30. The van der Waals surface area contributed by atoms with Gasteiger partial charge in [0.25, 0.3) is 0 Å². The van der Waals surface area contributed by atoms with Gasteiger partial charge in [0.15, 0.2) is 11.0 Å². The number of nitrogens with two attached hydrogens (primary N) is 1. The van der Waals surface area contributed by atoms with Crippen molar-refractivity contribution >= 4 is 44.8 Å². The molecule has 1 aromatic carbocycles. The first-order valence-corrected chi connectivity index (χ1v) is 11.4. The van der Waals surface area contributed by atoms with Gasteiger partial charge in [-0.05, 0) is 43.2 Å². The van der Waals surface area contributed by atoms with E-state index in [1.165, 1.54) is 29.2 Å². The predicted molar refractivity (Wildman–Crippen MR) is 107 cm³/mol. The summed E-state index contributed by atoms with van der Waals surface area (Å²) in [7, 11) is -1.10. The summed E-state index contributed by atoms with van der Waals surface area (Å²) in [6.07, 6.45) is 2.43. The van der Waals surface area contributed by atoms with Crippen LogP contribution in [0.25, 0.3) is 0 Å². The van der Waals surface area contributed by atoms with Crippen molar-refractivity contribution in [3.05, 3.63) is 52.2 Å². The topological polar surface area (TPSA) is 72.5 Å². The van der Waals surface area contributed by atoms with Crippen LogP contribution in [0.2, 0.25) is 0 Å². The monoisotopic (exact) mass is 410 g/mol. The second-order valence-corrected chi connectivity index (χ2v) is 10.1. The van der Waals surface area contributed by atoms with Crippen LogP contribution < -0.4 is 5.73 Å². The Morgan fingerprint density at radius 2 is 2.15 bits per heavy atom. The summed E-state index contributed by atoms with van der Waals surface area (Å²) in [5.41, 5.74) is 6.31. The van der Waals surface area contributed by atoms with Crippen molar-refractivity contribution in [2.24, 2.45) is 10.7 Å². The van der Waals surface area contributed by atoms with E-state index in [2.05, 4.69) is 4.99 Å². The highest BCUT2D eigenvalue weighted by Gasteiger charge is 2.32. The standard InChI is InChI=1S/C18H19FN2O2S3/c1-18(7-8-24-17(20)21-18)12-9-11(3-4-13(12)19)10-14(22)15-5-6-16(25-15)26(2)23/h3-6,9H,7-8,10H2,1-2H3,(H2,20,21)/t18-,26?/m0/s1. The molecule has 2 N–H and O–H groups in total. The molecule has 1 aromatic heterocycles. The number of nitrogens with zero attached hydrogens (tertiary/aromatic N) is 1. The van der Waals surface area contributed by atoms with Crippen LogP contribution in [0.4, 0.5) is 4.39 Å². The van der Waals surface area contributed by atoms with Gasteiger partial charge in [0.05, 0.1) is 25.4 Å². The van der Waals surface area contributed by atoms with Gasteiger partial charge in [0.2, 0.25) is 0 Å². The fourth-order valence-electron chi connectivity index (χ4n) is 2.87. The lowest BCUT2D eigenvalue weighted by atomic mass is 9.87. The first-order chi connectivity index (χ1) is 12.3. The second kappa shape index (κ2) is 7.62. The Morgan fingerprint density at radius 1 is 1.38 bits per heavy atom. The van der Waals surface area contributed by atoms with Crippen LogP contribution in [-0.4, -0.2) is 27.2 Å². The zero-order chi connectivity index (χ0) is 18.9. The number of rotatable bonds is 5. The summed E-state index contributed by atoms with van der Waals surface area (Å²) < 4.78 is 26.6. The number of hydrogen-bond acceptors (Lipinski definition) is 6. The molecular weight excluding hydrogens is 391 g/mol. The maximum atomic E-state index is 14.4. The first kappa shape index (κ1) is 19.3. The molecule has 0 radical (unpaired) electrons. The Bertz CT molecular complexity index is 910. The van der Waals surface area contributed by atoms with Gasteiger partial charge in [-0.1, -0.05) is 17.8 Å². The van der Waals surface area contributed by atoms with Gasteiger partial charge in [0, 0.05) is 24.0 Å². The molecule has 8 heteroatoms. The zero-order valence-corrected chi connectivity index (χ0v) is 16.9. The number of thioether (sulfide) groups is 1. The van der Waals surface area contributed by atoms with Gasteiger partial charge in [0.1, 0.15) is 5.82 Å². The van der Waals surface area contributed by atoms with Crippen molar-refractivity contribution in [3.8, 4) is 0 Å². The van der Waals surface area contributed by atoms with Crippen molar-refractivity contribution in [3.63, 3.8) is 0 Å². The Balaban J connectivity index is 1.86. The van der Waals surface area contributed by atoms with Gasteiger partial charge in [-0.25, -0.2) is 4.39 Å². The third kappa shape index (κ3) is 4.07. The molecule has 1 aliphatic heterocycles. The number of halogens is 1. The molecule has 0 saturated carbocycles. The first-order valence-electron chi connectivity index (χ1n) is 8.02. The summed E-state index contributed by atoms with van der Waals surface area (Å²) in [5, 5.41) is 0.457. The predicted octanol–water partition coefficient (Wildman–Crippen LogP) is 3.72. The third-order valence-electron chi connectivity index (χ3n) is 4.31. The van der Waals surface area contributed by atoms with Gasteiger partial charge < -0.3 is 5.73 Å². The molecule has 0 bridgehead atoms. The molecule has 1 aliphatic rings. The zero-order valence-electron chi connectivity index (χ0n) is 14.5. The van der Waals surface area contributed by atoms with Crippen molar-refractivity contribution < 1.29 is 13.4 Å². The minimum Gasteiger partial charge on any atom is -0.379 e. The molecule has 2 atom stereocenters. The summed E-state index contributed by atoms with van der Waals surface area (Å²) in [6, 6.07) is 8.13. The number of amidine groups is 1. The van der Waals surface area contributed by atoms with E-state index in [0.29, 0.717) is 26.2 Å². The molecule has 0 fully saturated rings. The molecule has 2 heterocycles. The van der Waals surface area contributed by atoms with Crippen molar-refractivity contribution in [2.75, 3.05) is 12.0 Å². The SMILES string of the molecule is CS(=O)c1ccc(C(=O)Cc2ccc(F)c([C@]3(C)CCSC(N)=N3)c2)s1. The van der Waals surface area contributed by atoms with Crippen LogP contribution in [0.15, 0.2) is 39.5 Å². The molecule has 1 unspecified atom stereocenters. The van der Waals surface area contributed by atoms with Gasteiger partial charge in [-0.15, -0.1) is 11.3 Å².